The summed E-state index contributed by atoms with van der Waals surface area (Å²) in [6.45, 7) is 4.35. The maximum absolute atomic E-state index is 11.4. The van der Waals surface area contributed by atoms with Crippen LogP contribution in [0.15, 0.2) is 24.3 Å². The fraction of sp³-hybridized carbons (Fsp3) is 0.667. The second-order valence-electron chi connectivity index (χ2n) is 6.65. The van der Waals surface area contributed by atoms with E-state index >= 15 is 0 Å². The van der Waals surface area contributed by atoms with E-state index in [0.717, 1.165) is 31.2 Å². The highest BCUT2D eigenvalue weighted by molar-refractivity contribution is 5.76. The van der Waals surface area contributed by atoms with Crippen LogP contribution in [-0.4, -0.2) is 11.1 Å². The molecule has 1 atom stereocenters. The number of carboxylic acids is 1. The van der Waals surface area contributed by atoms with E-state index in [1.165, 1.54) is 50.5 Å². The summed E-state index contributed by atoms with van der Waals surface area (Å²) in [6, 6.07) is 8.28. The van der Waals surface area contributed by atoms with Gasteiger partial charge in [0.2, 0.25) is 0 Å². The van der Waals surface area contributed by atoms with Crippen LogP contribution in [-0.2, 0) is 11.2 Å². The highest BCUT2D eigenvalue weighted by atomic mass is 16.4. The van der Waals surface area contributed by atoms with Gasteiger partial charge in [-0.2, -0.15) is 0 Å². The van der Waals surface area contributed by atoms with Crippen LogP contribution in [0.4, 0.5) is 0 Å². The van der Waals surface area contributed by atoms with E-state index < -0.39 is 5.97 Å². The molecule has 0 saturated heterocycles. The molecule has 0 aliphatic heterocycles. The zero-order chi connectivity index (χ0) is 16.9. The molecular formula is C21H34O2. The van der Waals surface area contributed by atoms with E-state index in [0.29, 0.717) is 0 Å². The van der Waals surface area contributed by atoms with Crippen molar-refractivity contribution < 1.29 is 9.90 Å². The Hall–Kier alpha value is -1.31. The Morgan fingerprint density at radius 3 is 2.00 bits per heavy atom. The normalized spacial score (nSPS) is 12.3. The number of unbranched alkanes of at least 4 members (excludes halogenated alkanes) is 7. The third kappa shape index (κ3) is 8.20. The summed E-state index contributed by atoms with van der Waals surface area (Å²) >= 11 is 0. The molecule has 0 bridgehead atoms. The van der Waals surface area contributed by atoms with Crippen molar-refractivity contribution in [2.45, 2.75) is 90.4 Å². The minimum Gasteiger partial charge on any atom is -0.481 e. The van der Waals surface area contributed by atoms with Crippen LogP contribution in [0.1, 0.15) is 95.1 Å². The maximum Gasteiger partial charge on any atom is 0.310 e. The van der Waals surface area contributed by atoms with Crippen molar-refractivity contribution in [2.75, 3.05) is 0 Å². The number of carboxylic acid groups (broad SMARTS) is 1. The first-order valence-corrected chi connectivity index (χ1v) is 9.50. The van der Waals surface area contributed by atoms with Crippen molar-refractivity contribution in [3.05, 3.63) is 35.4 Å². The largest absolute Gasteiger partial charge is 0.481 e. The lowest BCUT2D eigenvalue weighted by atomic mass is 9.92. The Kier molecular flexibility index (Phi) is 10.4. The summed E-state index contributed by atoms with van der Waals surface area (Å²) in [5, 5.41) is 9.38. The lowest BCUT2D eigenvalue weighted by molar-refractivity contribution is -0.139. The fourth-order valence-electron chi connectivity index (χ4n) is 3.04. The molecule has 1 aromatic carbocycles. The lowest BCUT2D eigenvalue weighted by Crippen LogP contribution is -2.11. The van der Waals surface area contributed by atoms with Crippen LogP contribution in [0.25, 0.3) is 0 Å². The number of aryl methyl sites for hydroxylation is 1. The van der Waals surface area contributed by atoms with Crippen molar-refractivity contribution in [2.24, 2.45) is 0 Å². The number of hydrogen-bond acceptors (Lipinski definition) is 1. The zero-order valence-electron chi connectivity index (χ0n) is 15.0. The number of hydrogen-bond donors (Lipinski definition) is 1. The quantitative estimate of drug-likeness (QED) is 0.431. The summed E-state index contributed by atoms with van der Waals surface area (Å²) in [6.07, 6.45) is 13.2. The molecule has 0 radical (unpaired) electrons. The molecule has 0 saturated carbocycles. The number of aliphatic carboxylic acids is 1. The average molecular weight is 319 g/mol. The summed E-state index contributed by atoms with van der Waals surface area (Å²) in [7, 11) is 0. The van der Waals surface area contributed by atoms with Gasteiger partial charge in [-0.3, -0.25) is 4.79 Å². The molecule has 1 rings (SSSR count). The van der Waals surface area contributed by atoms with Gasteiger partial charge in [-0.1, -0.05) is 89.5 Å². The van der Waals surface area contributed by atoms with Gasteiger partial charge in [0.15, 0.2) is 0 Å². The van der Waals surface area contributed by atoms with E-state index in [1.807, 2.05) is 12.1 Å². The van der Waals surface area contributed by atoms with Crippen molar-refractivity contribution in [1.29, 1.82) is 0 Å². The van der Waals surface area contributed by atoms with Crippen molar-refractivity contribution in [3.8, 4) is 0 Å². The molecule has 0 heterocycles. The van der Waals surface area contributed by atoms with Crippen molar-refractivity contribution >= 4 is 5.97 Å². The number of carbonyl (C=O) groups is 1. The Morgan fingerprint density at radius 2 is 1.43 bits per heavy atom. The fourth-order valence-corrected chi connectivity index (χ4v) is 3.04. The number of benzene rings is 1. The van der Waals surface area contributed by atoms with Crippen LogP contribution in [0.5, 0.6) is 0 Å². The van der Waals surface area contributed by atoms with Crippen LogP contribution < -0.4 is 0 Å². The Balaban J connectivity index is 2.35. The van der Waals surface area contributed by atoms with E-state index in [4.69, 9.17) is 0 Å². The highest BCUT2D eigenvalue weighted by Gasteiger charge is 2.18. The second-order valence-corrected chi connectivity index (χ2v) is 6.65. The molecule has 2 nitrogen and oxygen atoms in total. The summed E-state index contributed by atoms with van der Waals surface area (Å²) in [5.74, 6) is -1.04. The third-order valence-corrected chi connectivity index (χ3v) is 4.60. The lowest BCUT2D eigenvalue weighted by Gasteiger charge is -2.13. The van der Waals surface area contributed by atoms with Gasteiger partial charge in [-0.15, -0.1) is 0 Å². The molecule has 0 aliphatic rings. The maximum atomic E-state index is 11.4. The van der Waals surface area contributed by atoms with Crippen molar-refractivity contribution in [3.63, 3.8) is 0 Å². The molecule has 130 valence electrons. The topological polar surface area (TPSA) is 37.3 Å². The van der Waals surface area contributed by atoms with E-state index in [2.05, 4.69) is 26.0 Å². The predicted octanol–water partition coefficient (Wildman–Crippen LogP) is 6.34. The molecular weight excluding hydrogens is 284 g/mol. The van der Waals surface area contributed by atoms with Gasteiger partial charge < -0.3 is 5.11 Å². The Labute approximate surface area is 142 Å². The van der Waals surface area contributed by atoms with Gasteiger partial charge in [-0.25, -0.2) is 0 Å². The van der Waals surface area contributed by atoms with E-state index in [1.54, 1.807) is 0 Å². The molecule has 0 amide bonds. The van der Waals surface area contributed by atoms with E-state index in [-0.39, 0.29) is 5.92 Å². The minimum absolute atomic E-state index is 0.345. The molecule has 23 heavy (non-hydrogen) atoms. The molecule has 2 heteroatoms. The second kappa shape index (κ2) is 12.2. The average Bonchev–Trinajstić information content (AvgIpc) is 2.55. The van der Waals surface area contributed by atoms with Gasteiger partial charge in [-0.05, 0) is 30.4 Å². The van der Waals surface area contributed by atoms with Gasteiger partial charge in [0, 0.05) is 0 Å². The Morgan fingerprint density at radius 1 is 0.870 bits per heavy atom. The highest BCUT2D eigenvalue weighted by Crippen LogP contribution is 2.23. The van der Waals surface area contributed by atoms with Crippen LogP contribution in [0.2, 0.25) is 0 Å². The summed E-state index contributed by atoms with van der Waals surface area (Å²) in [4.78, 5) is 11.4. The zero-order valence-corrected chi connectivity index (χ0v) is 15.0. The molecule has 0 aliphatic carbocycles. The van der Waals surface area contributed by atoms with Gasteiger partial charge in [0.25, 0.3) is 0 Å². The van der Waals surface area contributed by atoms with Gasteiger partial charge >= 0.3 is 5.97 Å². The summed E-state index contributed by atoms with van der Waals surface area (Å²) < 4.78 is 0. The van der Waals surface area contributed by atoms with Crippen LogP contribution >= 0.6 is 0 Å². The first-order chi connectivity index (χ1) is 11.2. The molecule has 0 fully saturated rings. The predicted molar refractivity (Wildman–Crippen MR) is 98.0 cm³/mol. The first-order valence-electron chi connectivity index (χ1n) is 9.50. The van der Waals surface area contributed by atoms with Crippen LogP contribution in [0.3, 0.4) is 0 Å². The van der Waals surface area contributed by atoms with Crippen LogP contribution in [0, 0.1) is 0 Å². The Bertz CT molecular complexity index is 422. The van der Waals surface area contributed by atoms with E-state index in [9.17, 15) is 9.90 Å². The molecule has 0 spiro atoms. The smallest absolute Gasteiger partial charge is 0.310 e. The minimum atomic E-state index is -0.696. The molecule has 1 unspecified atom stereocenters. The molecule has 1 aromatic rings. The monoisotopic (exact) mass is 318 g/mol. The summed E-state index contributed by atoms with van der Waals surface area (Å²) in [5.41, 5.74) is 2.29. The molecule has 0 aromatic heterocycles. The van der Waals surface area contributed by atoms with Crippen molar-refractivity contribution in [1.82, 2.24) is 0 Å². The molecule has 1 N–H and O–H groups in total. The first kappa shape index (κ1) is 19.7. The third-order valence-electron chi connectivity index (χ3n) is 4.60. The van der Waals surface area contributed by atoms with Gasteiger partial charge in [0.05, 0.1) is 5.92 Å². The number of rotatable bonds is 13. The van der Waals surface area contributed by atoms with Gasteiger partial charge in [0.1, 0.15) is 0 Å². The standard InChI is InChI=1S/C21H34O2/c1-3-5-7-8-9-10-11-12-18-14-16-19(17-15-18)20(21(22)23)13-6-4-2/h14-17,20H,3-13H2,1-2H3,(H,22,23). The SMILES string of the molecule is CCCCCCCCCc1ccc(C(CCCC)C(=O)O)cc1.